The van der Waals surface area contributed by atoms with Crippen molar-refractivity contribution in [3.05, 3.63) is 66.6 Å². The number of nitrogens with zero attached hydrogens (tertiary/aromatic N) is 3. The number of halogens is 3. The van der Waals surface area contributed by atoms with Crippen LogP contribution in [0.3, 0.4) is 0 Å². The van der Waals surface area contributed by atoms with Crippen LogP contribution < -0.4 is 0 Å². The molecule has 3 nitrogen and oxygen atoms in total. The number of hydrogen-bond donors (Lipinski definition) is 0. The van der Waals surface area contributed by atoms with Crippen molar-refractivity contribution in [2.24, 2.45) is 0 Å². The first kappa shape index (κ1) is 14.3. The zero-order chi connectivity index (χ0) is 15.6. The van der Waals surface area contributed by atoms with E-state index in [1.807, 2.05) is 30.3 Å². The molecule has 3 rings (SSSR count). The molecule has 0 unspecified atom stereocenters. The lowest BCUT2D eigenvalue weighted by Gasteiger charge is -2.07. The van der Waals surface area contributed by atoms with Crippen LogP contribution in [0.4, 0.5) is 13.2 Å². The molecule has 0 amide bonds. The van der Waals surface area contributed by atoms with Crippen LogP contribution in [0.15, 0.2) is 60.9 Å². The van der Waals surface area contributed by atoms with Crippen LogP contribution in [0.2, 0.25) is 0 Å². The van der Waals surface area contributed by atoms with Crippen LogP contribution in [0.1, 0.15) is 5.69 Å². The third kappa shape index (κ3) is 3.00. The highest BCUT2D eigenvalue weighted by Gasteiger charge is 2.21. The van der Waals surface area contributed by atoms with E-state index in [-0.39, 0.29) is 12.5 Å². The molecule has 0 saturated carbocycles. The van der Waals surface area contributed by atoms with Gasteiger partial charge < -0.3 is 0 Å². The highest BCUT2D eigenvalue weighted by molar-refractivity contribution is 5.82. The Hall–Kier alpha value is -2.63. The number of fused-ring (bicyclic) bond motifs is 1. The van der Waals surface area contributed by atoms with Crippen LogP contribution in [0, 0.1) is 0 Å². The second kappa shape index (κ2) is 5.63. The Morgan fingerprint density at radius 2 is 1.77 bits per heavy atom. The van der Waals surface area contributed by atoms with Crippen LogP contribution in [-0.2, 0) is 6.42 Å². The molecular formula is C16H12F3N3. The minimum atomic E-state index is -4.31. The Morgan fingerprint density at radius 3 is 2.50 bits per heavy atom. The summed E-state index contributed by atoms with van der Waals surface area (Å²) in [6.07, 6.45) is 0.403. The van der Waals surface area contributed by atoms with E-state index in [2.05, 4.69) is 9.97 Å². The normalized spacial score (nSPS) is 12.3. The number of para-hydroxylation sites is 1. The van der Waals surface area contributed by atoms with Crippen molar-refractivity contribution in [2.75, 3.05) is 0 Å². The summed E-state index contributed by atoms with van der Waals surface area (Å²) in [6, 6.07) is 11.1. The number of allylic oxidation sites excluding steroid dienone is 2. The molecule has 22 heavy (non-hydrogen) atoms. The molecule has 0 aliphatic carbocycles. The Balaban J connectivity index is 2.08. The lowest BCUT2D eigenvalue weighted by atomic mass is 10.2. The topological polar surface area (TPSA) is 30.7 Å². The van der Waals surface area contributed by atoms with Gasteiger partial charge in [0.15, 0.2) is 0 Å². The molecule has 0 fully saturated rings. The molecule has 0 spiro atoms. The molecule has 0 aliphatic heterocycles. The maximum Gasteiger partial charge on any atom is 0.409 e. The highest BCUT2D eigenvalue weighted by atomic mass is 19.4. The number of hydrogen-bond acceptors (Lipinski definition) is 2. The van der Waals surface area contributed by atoms with E-state index in [0.29, 0.717) is 11.6 Å². The first-order chi connectivity index (χ1) is 10.5. The summed E-state index contributed by atoms with van der Waals surface area (Å²) < 4.78 is 38.6. The van der Waals surface area contributed by atoms with Crippen molar-refractivity contribution in [2.45, 2.75) is 12.6 Å². The Labute approximate surface area is 124 Å². The van der Waals surface area contributed by atoms with E-state index in [9.17, 15) is 13.2 Å². The molecule has 0 N–H and O–H groups in total. The summed E-state index contributed by atoms with van der Waals surface area (Å²) in [5.74, 6) is 0.444. The number of aromatic nitrogens is 3. The number of alkyl halides is 3. The Kier molecular flexibility index (Phi) is 3.66. The fraction of sp³-hybridized carbons (Fsp3) is 0.125. The second-order valence-corrected chi connectivity index (χ2v) is 4.73. The smallest absolute Gasteiger partial charge is 0.282 e. The lowest BCUT2D eigenvalue weighted by Crippen LogP contribution is -2.05. The Morgan fingerprint density at radius 1 is 1.05 bits per heavy atom. The summed E-state index contributed by atoms with van der Waals surface area (Å²) in [5, 5.41) is 0.936. The Bertz CT molecular complexity index is 804. The van der Waals surface area contributed by atoms with Crippen molar-refractivity contribution in [3.8, 4) is 5.95 Å². The van der Waals surface area contributed by atoms with Crippen molar-refractivity contribution >= 4 is 10.9 Å². The van der Waals surface area contributed by atoms with E-state index in [1.165, 1.54) is 0 Å². The predicted octanol–water partition coefficient (Wildman–Crippen LogP) is 4.08. The van der Waals surface area contributed by atoms with E-state index >= 15 is 0 Å². The van der Waals surface area contributed by atoms with Gasteiger partial charge in [0.1, 0.15) is 0 Å². The average Bonchev–Trinajstić information content (AvgIpc) is 2.85. The molecule has 0 aliphatic rings. The lowest BCUT2D eigenvalue weighted by molar-refractivity contribution is -0.0800. The van der Waals surface area contributed by atoms with E-state index in [1.54, 1.807) is 23.0 Å². The summed E-state index contributed by atoms with van der Waals surface area (Å²) >= 11 is 0. The van der Waals surface area contributed by atoms with E-state index in [4.69, 9.17) is 0 Å². The predicted molar refractivity (Wildman–Crippen MR) is 77.8 cm³/mol. The summed E-state index contributed by atoms with van der Waals surface area (Å²) in [4.78, 5) is 8.39. The van der Waals surface area contributed by atoms with Gasteiger partial charge in [-0.05, 0) is 18.2 Å². The van der Waals surface area contributed by atoms with Crippen molar-refractivity contribution in [1.82, 2.24) is 14.5 Å². The van der Waals surface area contributed by atoms with Gasteiger partial charge in [-0.1, -0.05) is 24.3 Å². The van der Waals surface area contributed by atoms with Gasteiger partial charge in [0.2, 0.25) is 5.95 Å². The molecular weight excluding hydrogens is 291 g/mol. The second-order valence-electron chi connectivity index (χ2n) is 4.73. The van der Waals surface area contributed by atoms with Crippen molar-refractivity contribution in [1.29, 1.82) is 0 Å². The third-order valence-electron chi connectivity index (χ3n) is 3.17. The molecule has 6 heteroatoms. The number of benzene rings is 1. The summed E-state index contributed by atoms with van der Waals surface area (Å²) in [6.45, 7) is 0. The molecule has 1 aromatic carbocycles. The van der Waals surface area contributed by atoms with Crippen molar-refractivity contribution in [3.63, 3.8) is 0 Å². The minimum Gasteiger partial charge on any atom is -0.282 e. The molecule has 0 bridgehead atoms. The molecule has 112 valence electrons. The van der Waals surface area contributed by atoms with E-state index < -0.39 is 6.18 Å². The van der Waals surface area contributed by atoms with Crippen LogP contribution >= 0.6 is 0 Å². The van der Waals surface area contributed by atoms with Crippen LogP contribution in [0.25, 0.3) is 16.9 Å². The molecule has 3 aromatic rings. The first-order valence-electron chi connectivity index (χ1n) is 6.66. The summed E-state index contributed by atoms with van der Waals surface area (Å²) in [7, 11) is 0. The van der Waals surface area contributed by atoms with E-state index in [0.717, 1.165) is 17.0 Å². The quantitative estimate of drug-likeness (QED) is 0.683. The highest BCUT2D eigenvalue weighted by Crippen LogP contribution is 2.24. The average molecular weight is 303 g/mol. The largest absolute Gasteiger partial charge is 0.409 e. The zero-order valence-corrected chi connectivity index (χ0v) is 11.5. The van der Waals surface area contributed by atoms with Gasteiger partial charge >= 0.3 is 6.18 Å². The fourth-order valence-corrected chi connectivity index (χ4v) is 2.32. The van der Waals surface area contributed by atoms with Gasteiger partial charge in [0.05, 0.1) is 5.52 Å². The minimum absolute atomic E-state index is 0.145. The van der Waals surface area contributed by atoms with Gasteiger partial charge in [0.25, 0.3) is 0 Å². The van der Waals surface area contributed by atoms with Gasteiger partial charge in [-0.2, -0.15) is 13.2 Å². The monoisotopic (exact) mass is 303 g/mol. The summed E-state index contributed by atoms with van der Waals surface area (Å²) in [5.41, 5.74) is 1.57. The van der Waals surface area contributed by atoms with Gasteiger partial charge in [-0.15, -0.1) is 0 Å². The van der Waals surface area contributed by atoms with Crippen LogP contribution in [0.5, 0.6) is 0 Å². The molecule has 2 aromatic heterocycles. The molecule has 0 saturated heterocycles. The van der Waals surface area contributed by atoms with Gasteiger partial charge in [-0.3, -0.25) is 4.57 Å². The maximum atomic E-state index is 12.3. The number of rotatable bonds is 3. The van der Waals surface area contributed by atoms with Crippen LogP contribution in [-0.4, -0.2) is 20.7 Å². The maximum absolute atomic E-state index is 12.3. The molecule has 2 heterocycles. The first-order valence-corrected chi connectivity index (χ1v) is 6.66. The zero-order valence-electron chi connectivity index (χ0n) is 11.5. The molecule has 0 radical (unpaired) electrons. The van der Waals surface area contributed by atoms with Crippen molar-refractivity contribution < 1.29 is 13.2 Å². The molecule has 0 atom stereocenters. The van der Waals surface area contributed by atoms with Gasteiger partial charge in [0, 0.05) is 36.0 Å². The van der Waals surface area contributed by atoms with Gasteiger partial charge in [-0.25, -0.2) is 9.97 Å². The third-order valence-corrected chi connectivity index (χ3v) is 3.17. The SMILES string of the molecule is FC(F)(F)/C=C/Cc1cc2ccccc2n1-c1ncccn1. The standard InChI is InChI=1S/C16H12F3N3/c17-16(18,19)8-3-6-13-11-12-5-1-2-7-14(12)22(13)15-20-9-4-10-21-15/h1-5,7-11H,6H2/b8-3+. The fourth-order valence-electron chi connectivity index (χ4n) is 2.32.